The maximum absolute atomic E-state index is 12.3. The lowest BCUT2D eigenvalue weighted by molar-refractivity contribution is -0.158. The zero-order valence-electron chi connectivity index (χ0n) is 18.1. The molecular weight excluding hydrogens is 402 g/mol. The molecule has 1 fully saturated rings. The molecule has 3 rings (SSSR count). The van der Waals surface area contributed by atoms with Crippen molar-refractivity contribution in [2.75, 3.05) is 46.3 Å². The predicted molar refractivity (Wildman–Crippen MR) is 116 cm³/mol. The maximum Gasteiger partial charge on any atom is 0.351 e. The van der Waals surface area contributed by atoms with Gasteiger partial charge in [-0.05, 0) is 23.8 Å². The number of hydrogen-bond acceptors (Lipinski definition) is 8. The Morgan fingerprint density at radius 3 is 2.65 bits per heavy atom. The zero-order chi connectivity index (χ0) is 22.4. The van der Waals surface area contributed by atoms with Crippen LogP contribution in [0.1, 0.15) is 11.8 Å². The molecule has 1 aliphatic rings. The Labute approximate surface area is 180 Å². The Kier molecular flexibility index (Phi) is 7.37. The molecule has 0 bridgehead atoms. The fraction of sp³-hybridized carbons (Fsp3) is 0.429. The van der Waals surface area contributed by atoms with Crippen LogP contribution in [-0.4, -0.2) is 74.5 Å². The van der Waals surface area contributed by atoms with E-state index in [2.05, 4.69) is 9.98 Å². The molecule has 1 aliphatic heterocycles. The van der Waals surface area contributed by atoms with Gasteiger partial charge in [0.15, 0.2) is 18.3 Å². The highest BCUT2D eigenvalue weighted by molar-refractivity contribution is 5.72. The Hall–Kier alpha value is -3.24. The quantitative estimate of drug-likeness (QED) is 0.351. The Balaban J connectivity index is 1.49. The Morgan fingerprint density at radius 1 is 1.26 bits per heavy atom. The number of aliphatic imine (C=N–C) groups is 1. The SMILES string of the molecule is CN(C)C=Nc1ccn([C@@H]2CO[C@H](COC(=O)Cc3ccc(N(C)C)cc3)O2)c(=O)n1. The van der Waals surface area contributed by atoms with E-state index < -0.39 is 18.2 Å². The summed E-state index contributed by atoms with van der Waals surface area (Å²) in [5.74, 6) is -0.0758. The van der Waals surface area contributed by atoms with E-state index in [0.717, 1.165) is 11.3 Å². The van der Waals surface area contributed by atoms with Crippen molar-refractivity contribution < 1.29 is 19.0 Å². The van der Waals surface area contributed by atoms with Crippen LogP contribution in [0.5, 0.6) is 0 Å². The van der Waals surface area contributed by atoms with E-state index in [0.29, 0.717) is 5.82 Å². The second-order valence-electron chi connectivity index (χ2n) is 7.46. The second-order valence-corrected chi connectivity index (χ2v) is 7.46. The molecule has 0 amide bonds. The van der Waals surface area contributed by atoms with E-state index in [-0.39, 0.29) is 25.6 Å². The van der Waals surface area contributed by atoms with Crippen LogP contribution in [0.15, 0.2) is 46.3 Å². The average Bonchev–Trinajstić information content (AvgIpc) is 3.20. The molecule has 10 heteroatoms. The third-order valence-electron chi connectivity index (χ3n) is 4.46. The van der Waals surface area contributed by atoms with E-state index in [9.17, 15) is 9.59 Å². The molecule has 2 atom stereocenters. The summed E-state index contributed by atoms with van der Waals surface area (Å²) in [7, 11) is 7.55. The van der Waals surface area contributed by atoms with Gasteiger partial charge in [0.1, 0.15) is 6.61 Å². The summed E-state index contributed by atoms with van der Waals surface area (Å²) < 4.78 is 17.8. The van der Waals surface area contributed by atoms with Crippen LogP contribution in [0.25, 0.3) is 0 Å². The molecule has 0 radical (unpaired) electrons. The molecule has 0 unspecified atom stereocenters. The van der Waals surface area contributed by atoms with Crippen molar-refractivity contribution in [3.63, 3.8) is 0 Å². The molecule has 31 heavy (non-hydrogen) atoms. The van der Waals surface area contributed by atoms with Gasteiger partial charge in [0, 0.05) is 40.1 Å². The number of esters is 1. The first-order valence-electron chi connectivity index (χ1n) is 9.80. The van der Waals surface area contributed by atoms with Crippen LogP contribution in [0.3, 0.4) is 0 Å². The predicted octanol–water partition coefficient (Wildman–Crippen LogP) is 1.19. The van der Waals surface area contributed by atoms with Gasteiger partial charge in [-0.2, -0.15) is 4.98 Å². The van der Waals surface area contributed by atoms with Crippen molar-refractivity contribution in [1.29, 1.82) is 0 Å². The van der Waals surface area contributed by atoms with E-state index in [4.69, 9.17) is 14.2 Å². The first kappa shape index (κ1) is 22.4. The number of hydrogen-bond donors (Lipinski definition) is 0. The fourth-order valence-electron chi connectivity index (χ4n) is 2.84. The summed E-state index contributed by atoms with van der Waals surface area (Å²) in [4.78, 5) is 36.1. The Morgan fingerprint density at radius 2 is 2.00 bits per heavy atom. The van der Waals surface area contributed by atoms with Crippen LogP contribution in [0.4, 0.5) is 11.5 Å². The molecule has 1 saturated heterocycles. The molecule has 0 saturated carbocycles. The van der Waals surface area contributed by atoms with E-state index >= 15 is 0 Å². The van der Waals surface area contributed by atoms with Crippen LogP contribution < -0.4 is 10.6 Å². The van der Waals surface area contributed by atoms with Crippen molar-refractivity contribution >= 4 is 23.8 Å². The lowest BCUT2D eigenvalue weighted by Gasteiger charge is -2.14. The van der Waals surface area contributed by atoms with Crippen LogP contribution in [0.2, 0.25) is 0 Å². The number of anilines is 1. The van der Waals surface area contributed by atoms with Gasteiger partial charge in [0.05, 0.1) is 19.4 Å². The summed E-state index contributed by atoms with van der Waals surface area (Å²) in [5.41, 5.74) is 1.41. The molecule has 10 nitrogen and oxygen atoms in total. The number of aromatic nitrogens is 2. The van der Waals surface area contributed by atoms with Gasteiger partial charge in [-0.15, -0.1) is 0 Å². The standard InChI is InChI=1S/C21H27N5O5/c1-24(2)14-22-17-9-10-26(21(28)23-17)18-12-30-20(31-18)13-29-19(27)11-15-5-7-16(8-6-15)25(3)4/h5-10,14,18,20H,11-13H2,1-4H3/t18-,20-/m0/s1. The van der Waals surface area contributed by atoms with Gasteiger partial charge in [0.25, 0.3) is 0 Å². The first-order valence-corrected chi connectivity index (χ1v) is 9.80. The molecule has 0 spiro atoms. The molecule has 2 heterocycles. The summed E-state index contributed by atoms with van der Waals surface area (Å²) in [6, 6.07) is 9.28. The van der Waals surface area contributed by atoms with Gasteiger partial charge in [0.2, 0.25) is 0 Å². The van der Waals surface area contributed by atoms with Crippen molar-refractivity contribution in [2.45, 2.75) is 18.9 Å². The molecule has 1 aromatic carbocycles. The topological polar surface area (TPSA) is 98.5 Å². The highest BCUT2D eigenvalue weighted by Gasteiger charge is 2.29. The normalized spacial score (nSPS) is 18.3. The largest absolute Gasteiger partial charge is 0.460 e. The third kappa shape index (κ3) is 6.37. The van der Waals surface area contributed by atoms with Crippen molar-refractivity contribution in [1.82, 2.24) is 14.5 Å². The van der Waals surface area contributed by atoms with Gasteiger partial charge < -0.3 is 24.0 Å². The summed E-state index contributed by atoms with van der Waals surface area (Å²) >= 11 is 0. The maximum atomic E-state index is 12.3. The highest BCUT2D eigenvalue weighted by Crippen LogP contribution is 2.20. The van der Waals surface area contributed by atoms with Crippen molar-refractivity contribution in [3.8, 4) is 0 Å². The van der Waals surface area contributed by atoms with Gasteiger partial charge >= 0.3 is 11.7 Å². The van der Waals surface area contributed by atoms with Gasteiger partial charge in [-0.1, -0.05) is 12.1 Å². The van der Waals surface area contributed by atoms with Crippen molar-refractivity contribution in [3.05, 3.63) is 52.6 Å². The van der Waals surface area contributed by atoms with Crippen LogP contribution in [0, 0.1) is 0 Å². The molecule has 166 valence electrons. The average molecular weight is 429 g/mol. The number of rotatable bonds is 8. The van der Waals surface area contributed by atoms with E-state index in [1.54, 1.807) is 23.5 Å². The first-order chi connectivity index (χ1) is 14.8. The number of benzene rings is 1. The Bertz CT molecular complexity index is 971. The minimum atomic E-state index is -0.747. The smallest absolute Gasteiger partial charge is 0.351 e. The molecule has 0 N–H and O–H groups in total. The highest BCUT2D eigenvalue weighted by atomic mass is 16.7. The van der Waals surface area contributed by atoms with Gasteiger partial charge in [-0.3, -0.25) is 9.36 Å². The van der Waals surface area contributed by atoms with Crippen molar-refractivity contribution in [2.24, 2.45) is 4.99 Å². The second kappa shape index (κ2) is 10.2. The molecule has 0 aliphatic carbocycles. The van der Waals surface area contributed by atoms with Crippen LogP contribution in [-0.2, 0) is 25.4 Å². The minimum Gasteiger partial charge on any atom is -0.460 e. The summed E-state index contributed by atoms with van der Waals surface area (Å²) in [6.07, 6.45) is 1.87. The lowest BCUT2D eigenvalue weighted by atomic mass is 10.1. The van der Waals surface area contributed by atoms with E-state index in [1.165, 1.54) is 4.57 Å². The number of carbonyl (C=O) groups is 1. The summed E-state index contributed by atoms with van der Waals surface area (Å²) in [5, 5.41) is 0. The third-order valence-corrected chi connectivity index (χ3v) is 4.46. The fourth-order valence-corrected chi connectivity index (χ4v) is 2.84. The van der Waals surface area contributed by atoms with Gasteiger partial charge in [-0.25, -0.2) is 9.79 Å². The zero-order valence-corrected chi connectivity index (χ0v) is 18.1. The molecule has 1 aromatic heterocycles. The monoisotopic (exact) mass is 429 g/mol. The number of ether oxygens (including phenoxy) is 3. The summed E-state index contributed by atoms with van der Waals surface area (Å²) in [6.45, 7) is 0.0919. The molecule has 2 aromatic rings. The number of nitrogens with zero attached hydrogens (tertiary/aromatic N) is 5. The lowest BCUT2D eigenvalue weighted by Crippen LogP contribution is -2.28. The number of carbonyl (C=O) groups excluding carboxylic acids is 1. The minimum absolute atomic E-state index is 0.0570. The molecular formula is C21H27N5O5. The van der Waals surface area contributed by atoms with Crippen LogP contribution >= 0.6 is 0 Å². The van der Waals surface area contributed by atoms with E-state index in [1.807, 2.05) is 57.4 Å².